The monoisotopic (exact) mass is 382 g/mol. The number of halogens is 1. The molecule has 0 aliphatic carbocycles. The van der Waals surface area contributed by atoms with Crippen molar-refractivity contribution in [2.75, 3.05) is 11.9 Å². The number of carbonyl (C=O) groups excluding carboxylic acids is 2. The maximum absolute atomic E-state index is 12.1. The summed E-state index contributed by atoms with van der Waals surface area (Å²) in [5, 5.41) is 19.0. The second kappa shape index (κ2) is 7.01. The van der Waals surface area contributed by atoms with Gasteiger partial charge in [-0.05, 0) is 52.0 Å². The fraction of sp³-hybridized carbons (Fsp3) is 0.154. The van der Waals surface area contributed by atoms with Crippen LogP contribution in [-0.4, -0.2) is 33.6 Å². The van der Waals surface area contributed by atoms with Gasteiger partial charge in [-0.15, -0.1) is 5.10 Å². The predicted octanol–water partition coefficient (Wildman–Crippen LogP) is 2.51. The molecule has 2 aromatic rings. The number of aromatic amines is 1. The lowest BCUT2D eigenvalue weighted by Crippen LogP contribution is -2.13. The van der Waals surface area contributed by atoms with Crippen LogP contribution in [-0.2, 0) is 4.74 Å². The van der Waals surface area contributed by atoms with Crippen molar-refractivity contribution in [2.45, 2.75) is 6.92 Å². The number of hydrogen-bond acceptors (Lipinski definition) is 6. The minimum atomic E-state index is -0.692. The van der Waals surface area contributed by atoms with E-state index in [1.807, 2.05) is 0 Å². The number of amides is 1. The van der Waals surface area contributed by atoms with E-state index in [-0.39, 0.29) is 16.8 Å². The van der Waals surface area contributed by atoms with Crippen molar-refractivity contribution in [3.05, 3.63) is 50.1 Å². The van der Waals surface area contributed by atoms with E-state index < -0.39 is 22.6 Å². The number of nitrogens with zero attached hydrogens (tertiary/aromatic N) is 2. The molecule has 0 aliphatic rings. The standard InChI is InChI=1S/C13H11BrN4O5/c1-2-23-13(20)7-3-5-8(6-4-7)15-12(19)10-9(14)11(17-16-10)18(21)22/h3-6H,2H2,1H3,(H,15,19)(H,16,17). The van der Waals surface area contributed by atoms with Gasteiger partial charge in [0, 0.05) is 5.69 Å². The molecule has 0 bridgehead atoms. The van der Waals surface area contributed by atoms with E-state index in [1.54, 1.807) is 6.92 Å². The van der Waals surface area contributed by atoms with Gasteiger partial charge in [0.05, 0.1) is 12.2 Å². The smallest absolute Gasteiger partial charge is 0.357 e. The van der Waals surface area contributed by atoms with Gasteiger partial charge in [0.15, 0.2) is 5.69 Å². The van der Waals surface area contributed by atoms with E-state index in [0.29, 0.717) is 11.3 Å². The second-order valence-electron chi connectivity index (χ2n) is 4.24. The van der Waals surface area contributed by atoms with Crippen LogP contribution in [0.25, 0.3) is 0 Å². The zero-order valence-electron chi connectivity index (χ0n) is 11.8. The van der Waals surface area contributed by atoms with Crippen LogP contribution >= 0.6 is 15.9 Å². The number of anilines is 1. The van der Waals surface area contributed by atoms with Crippen molar-refractivity contribution >= 4 is 39.3 Å². The van der Waals surface area contributed by atoms with Gasteiger partial charge in [-0.3, -0.25) is 4.79 Å². The molecule has 0 unspecified atom stereocenters. The van der Waals surface area contributed by atoms with Gasteiger partial charge in [-0.2, -0.15) is 0 Å². The van der Waals surface area contributed by atoms with Crippen LogP contribution in [0.5, 0.6) is 0 Å². The lowest BCUT2D eigenvalue weighted by molar-refractivity contribution is -0.390. The number of aromatic nitrogens is 2. The summed E-state index contributed by atoms with van der Waals surface area (Å²) in [4.78, 5) is 33.6. The highest BCUT2D eigenvalue weighted by Crippen LogP contribution is 2.26. The van der Waals surface area contributed by atoms with Crippen molar-refractivity contribution in [1.29, 1.82) is 0 Å². The van der Waals surface area contributed by atoms with Gasteiger partial charge in [0.1, 0.15) is 4.47 Å². The SMILES string of the molecule is CCOC(=O)c1ccc(NC(=O)c2n[nH]c([N+](=O)[O-])c2Br)cc1. The van der Waals surface area contributed by atoms with Gasteiger partial charge in [-0.25, -0.2) is 4.79 Å². The molecule has 0 radical (unpaired) electrons. The van der Waals surface area contributed by atoms with Gasteiger partial charge in [-0.1, -0.05) is 5.10 Å². The third kappa shape index (κ3) is 3.72. The van der Waals surface area contributed by atoms with Crippen LogP contribution < -0.4 is 5.32 Å². The van der Waals surface area contributed by atoms with E-state index in [9.17, 15) is 19.7 Å². The maximum atomic E-state index is 12.1. The molecule has 10 heteroatoms. The Hall–Kier alpha value is -2.75. The zero-order valence-corrected chi connectivity index (χ0v) is 13.4. The quantitative estimate of drug-likeness (QED) is 0.464. The molecule has 0 aliphatic heterocycles. The number of esters is 1. The van der Waals surface area contributed by atoms with E-state index in [1.165, 1.54) is 24.3 Å². The van der Waals surface area contributed by atoms with E-state index in [2.05, 4.69) is 31.4 Å². The van der Waals surface area contributed by atoms with Crippen molar-refractivity contribution in [2.24, 2.45) is 0 Å². The Kier molecular flexibility index (Phi) is 5.06. The molecule has 1 aromatic carbocycles. The number of hydrogen-bond donors (Lipinski definition) is 2. The first-order chi connectivity index (χ1) is 10.9. The highest BCUT2D eigenvalue weighted by Gasteiger charge is 2.24. The average molecular weight is 383 g/mol. The molecule has 0 atom stereocenters. The molecule has 9 nitrogen and oxygen atoms in total. The molecule has 23 heavy (non-hydrogen) atoms. The summed E-state index contributed by atoms with van der Waals surface area (Å²) in [6.07, 6.45) is 0. The minimum absolute atomic E-state index is 0.0388. The third-order valence-electron chi connectivity index (χ3n) is 2.74. The highest BCUT2D eigenvalue weighted by molar-refractivity contribution is 9.10. The predicted molar refractivity (Wildman–Crippen MR) is 83.3 cm³/mol. The van der Waals surface area contributed by atoms with Gasteiger partial charge in [0.2, 0.25) is 0 Å². The molecule has 0 fully saturated rings. The lowest BCUT2D eigenvalue weighted by atomic mass is 10.2. The molecule has 0 saturated heterocycles. The Morgan fingerprint density at radius 1 is 1.39 bits per heavy atom. The number of ether oxygens (including phenoxy) is 1. The molecule has 1 heterocycles. The van der Waals surface area contributed by atoms with Crippen molar-refractivity contribution in [3.8, 4) is 0 Å². The largest absolute Gasteiger partial charge is 0.462 e. The van der Waals surface area contributed by atoms with Crippen LogP contribution in [0.15, 0.2) is 28.7 Å². The molecule has 0 spiro atoms. The number of nitro groups is 1. The summed E-state index contributed by atoms with van der Waals surface area (Å²) in [5.41, 5.74) is 0.605. The number of nitrogens with one attached hydrogen (secondary N) is 2. The number of H-pyrrole nitrogens is 1. The van der Waals surface area contributed by atoms with E-state index >= 15 is 0 Å². The maximum Gasteiger partial charge on any atom is 0.357 e. The summed E-state index contributed by atoms with van der Waals surface area (Å²) in [6, 6.07) is 6.02. The van der Waals surface area contributed by atoms with Crippen LogP contribution in [0.1, 0.15) is 27.8 Å². The Morgan fingerprint density at radius 2 is 2.04 bits per heavy atom. The van der Waals surface area contributed by atoms with Crippen LogP contribution in [0.2, 0.25) is 0 Å². The summed E-state index contributed by atoms with van der Waals surface area (Å²) in [5.74, 6) is -1.51. The molecule has 0 saturated carbocycles. The molecule has 120 valence electrons. The lowest BCUT2D eigenvalue weighted by Gasteiger charge is -2.05. The third-order valence-corrected chi connectivity index (χ3v) is 3.49. The minimum Gasteiger partial charge on any atom is -0.462 e. The fourth-order valence-electron chi connectivity index (χ4n) is 1.68. The Morgan fingerprint density at radius 3 is 2.57 bits per heavy atom. The van der Waals surface area contributed by atoms with Gasteiger partial charge >= 0.3 is 11.8 Å². The summed E-state index contributed by atoms with van der Waals surface area (Å²) in [6.45, 7) is 1.97. The number of benzene rings is 1. The molecular formula is C13H11BrN4O5. The van der Waals surface area contributed by atoms with E-state index in [0.717, 1.165) is 0 Å². The summed E-state index contributed by atoms with van der Waals surface area (Å²) in [7, 11) is 0. The molecule has 1 aromatic heterocycles. The van der Waals surface area contributed by atoms with Crippen LogP contribution in [0, 0.1) is 10.1 Å². The van der Waals surface area contributed by atoms with Crippen molar-refractivity contribution < 1.29 is 19.2 Å². The Bertz CT molecular complexity index is 756. The van der Waals surface area contributed by atoms with Gasteiger partial charge < -0.3 is 20.2 Å². The first-order valence-corrected chi connectivity index (χ1v) is 7.20. The second-order valence-corrected chi connectivity index (χ2v) is 5.04. The average Bonchev–Trinajstić information content (AvgIpc) is 2.90. The Balaban J connectivity index is 2.11. The van der Waals surface area contributed by atoms with Crippen LogP contribution in [0.4, 0.5) is 11.5 Å². The highest BCUT2D eigenvalue weighted by atomic mass is 79.9. The fourth-order valence-corrected chi connectivity index (χ4v) is 2.19. The Labute approximate surface area is 138 Å². The van der Waals surface area contributed by atoms with Gasteiger partial charge in [0.25, 0.3) is 5.91 Å². The molecule has 2 N–H and O–H groups in total. The zero-order chi connectivity index (χ0) is 17.0. The normalized spacial score (nSPS) is 10.2. The topological polar surface area (TPSA) is 127 Å². The van der Waals surface area contributed by atoms with Crippen molar-refractivity contribution in [1.82, 2.24) is 10.2 Å². The first-order valence-electron chi connectivity index (χ1n) is 6.40. The van der Waals surface area contributed by atoms with Crippen molar-refractivity contribution in [3.63, 3.8) is 0 Å². The van der Waals surface area contributed by atoms with E-state index in [4.69, 9.17) is 4.74 Å². The summed E-state index contributed by atoms with van der Waals surface area (Å²) < 4.78 is 4.81. The van der Waals surface area contributed by atoms with Crippen LogP contribution in [0.3, 0.4) is 0 Å². The number of rotatable bonds is 5. The first kappa shape index (κ1) is 16.6. The molecule has 1 amide bonds. The summed E-state index contributed by atoms with van der Waals surface area (Å²) >= 11 is 2.96. The molecular weight excluding hydrogens is 372 g/mol. The number of carbonyl (C=O) groups is 2. The molecule has 2 rings (SSSR count).